The van der Waals surface area contributed by atoms with Crippen molar-refractivity contribution in [3.8, 4) is 0 Å². The quantitative estimate of drug-likeness (QED) is 0.762. The molecular weight excluding hydrogens is 235 g/mol. The van der Waals surface area contributed by atoms with Crippen molar-refractivity contribution in [3.05, 3.63) is 33.8 Å². The maximum atomic E-state index is 11.1. The van der Waals surface area contributed by atoms with Crippen molar-refractivity contribution in [3.63, 3.8) is 0 Å². The van der Waals surface area contributed by atoms with Gasteiger partial charge in [0.1, 0.15) is 0 Å². The minimum Gasteiger partial charge on any atom is -0.469 e. The number of benzene rings is 1. The molecule has 0 saturated carbocycles. The summed E-state index contributed by atoms with van der Waals surface area (Å²) < 4.78 is 4.60. The molecule has 0 aliphatic carbocycles. The summed E-state index contributed by atoms with van der Waals surface area (Å²) in [4.78, 5) is 11.1. The fourth-order valence-corrected chi connectivity index (χ4v) is 1.85. The second-order valence-electron chi connectivity index (χ2n) is 3.38. The van der Waals surface area contributed by atoms with Gasteiger partial charge in [0.2, 0.25) is 0 Å². The average Bonchev–Trinajstić information content (AvgIpc) is 2.16. The zero-order chi connectivity index (χ0) is 11.4. The molecule has 0 radical (unpaired) electrons. The molecule has 0 aliphatic rings. The molecule has 82 valence electrons. The van der Waals surface area contributed by atoms with E-state index in [1.807, 2.05) is 6.92 Å². The van der Waals surface area contributed by atoms with E-state index in [1.165, 1.54) is 7.11 Å². The highest BCUT2D eigenvalue weighted by atomic mass is 35.5. The predicted molar refractivity (Wildman–Crippen MR) is 61.5 cm³/mol. The third-order valence-electron chi connectivity index (χ3n) is 2.15. The molecule has 0 N–H and O–H groups in total. The van der Waals surface area contributed by atoms with E-state index < -0.39 is 0 Å². The van der Waals surface area contributed by atoms with E-state index in [2.05, 4.69) is 4.74 Å². The zero-order valence-corrected chi connectivity index (χ0v) is 10.1. The summed E-state index contributed by atoms with van der Waals surface area (Å²) in [5.41, 5.74) is 0.943. The first-order chi connectivity index (χ1) is 7.02. The van der Waals surface area contributed by atoms with Gasteiger partial charge in [0.15, 0.2) is 0 Å². The number of rotatable bonds is 3. The van der Waals surface area contributed by atoms with Gasteiger partial charge in [-0.25, -0.2) is 0 Å². The molecule has 2 nitrogen and oxygen atoms in total. The summed E-state index contributed by atoms with van der Waals surface area (Å²) >= 11 is 11.7. The van der Waals surface area contributed by atoms with E-state index in [0.717, 1.165) is 5.56 Å². The number of halogens is 2. The van der Waals surface area contributed by atoms with Crippen molar-refractivity contribution >= 4 is 29.2 Å². The van der Waals surface area contributed by atoms with Gasteiger partial charge in [0.25, 0.3) is 0 Å². The zero-order valence-electron chi connectivity index (χ0n) is 8.59. The van der Waals surface area contributed by atoms with Crippen LogP contribution in [-0.2, 0) is 9.53 Å². The van der Waals surface area contributed by atoms with Crippen molar-refractivity contribution in [2.75, 3.05) is 7.11 Å². The molecule has 0 fully saturated rings. The number of hydrogen-bond donors (Lipinski definition) is 0. The largest absolute Gasteiger partial charge is 0.469 e. The number of esters is 1. The van der Waals surface area contributed by atoms with Crippen molar-refractivity contribution in [2.45, 2.75) is 19.3 Å². The van der Waals surface area contributed by atoms with Gasteiger partial charge in [-0.15, -0.1) is 0 Å². The fourth-order valence-electron chi connectivity index (χ4n) is 1.31. The molecule has 1 aromatic rings. The van der Waals surface area contributed by atoms with Crippen LogP contribution in [0.3, 0.4) is 0 Å². The highest BCUT2D eigenvalue weighted by Gasteiger charge is 2.12. The van der Waals surface area contributed by atoms with E-state index in [9.17, 15) is 4.79 Å². The first-order valence-electron chi connectivity index (χ1n) is 4.55. The highest BCUT2D eigenvalue weighted by molar-refractivity contribution is 6.34. The van der Waals surface area contributed by atoms with Gasteiger partial charge < -0.3 is 4.74 Å². The minimum atomic E-state index is -0.237. The number of hydrogen-bond acceptors (Lipinski definition) is 2. The first kappa shape index (κ1) is 12.3. The van der Waals surface area contributed by atoms with Gasteiger partial charge in [0.05, 0.1) is 13.5 Å². The Morgan fingerprint density at radius 3 is 2.33 bits per heavy atom. The molecule has 0 amide bonds. The Bertz CT molecular complexity index is 343. The Kier molecular flexibility index (Phi) is 4.43. The normalized spacial score (nSPS) is 12.3. The Labute approximate surface area is 99.1 Å². The fraction of sp³-hybridized carbons (Fsp3) is 0.364. The number of carbonyl (C=O) groups is 1. The summed E-state index contributed by atoms with van der Waals surface area (Å²) in [5, 5.41) is 1.16. The van der Waals surface area contributed by atoms with Crippen LogP contribution in [0.15, 0.2) is 18.2 Å². The standard InChI is InChI=1S/C11H12Cl2O2/c1-7(3-11(14)15-2)8-4-9(12)6-10(13)5-8/h4-7H,3H2,1-2H3. The van der Waals surface area contributed by atoms with Gasteiger partial charge in [-0.05, 0) is 29.7 Å². The van der Waals surface area contributed by atoms with Crippen molar-refractivity contribution < 1.29 is 9.53 Å². The van der Waals surface area contributed by atoms with E-state index >= 15 is 0 Å². The van der Waals surface area contributed by atoms with E-state index in [0.29, 0.717) is 16.5 Å². The van der Waals surface area contributed by atoms with Crippen molar-refractivity contribution in [1.29, 1.82) is 0 Å². The monoisotopic (exact) mass is 246 g/mol. The lowest BCUT2D eigenvalue weighted by Gasteiger charge is -2.11. The SMILES string of the molecule is COC(=O)CC(C)c1cc(Cl)cc(Cl)c1. The van der Waals surface area contributed by atoms with Crippen molar-refractivity contribution in [2.24, 2.45) is 0 Å². The van der Waals surface area contributed by atoms with Gasteiger partial charge in [0, 0.05) is 10.0 Å². The Balaban J connectivity index is 2.81. The lowest BCUT2D eigenvalue weighted by atomic mass is 9.98. The highest BCUT2D eigenvalue weighted by Crippen LogP contribution is 2.26. The Morgan fingerprint density at radius 1 is 1.33 bits per heavy atom. The van der Waals surface area contributed by atoms with Crippen LogP contribution in [0.5, 0.6) is 0 Å². The van der Waals surface area contributed by atoms with Gasteiger partial charge in [-0.1, -0.05) is 30.1 Å². The summed E-state index contributed by atoms with van der Waals surface area (Å²) in [6.07, 6.45) is 0.327. The smallest absolute Gasteiger partial charge is 0.306 e. The Hall–Kier alpha value is -0.730. The van der Waals surface area contributed by atoms with Crippen LogP contribution < -0.4 is 0 Å². The topological polar surface area (TPSA) is 26.3 Å². The third-order valence-corrected chi connectivity index (χ3v) is 2.59. The molecule has 4 heteroatoms. The van der Waals surface area contributed by atoms with Crippen LogP contribution in [0.4, 0.5) is 0 Å². The van der Waals surface area contributed by atoms with E-state index in [1.54, 1.807) is 18.2 Å². The molecule has 0 spiro atoms. The lowest BCUT2D eigenvalue weighted by Crippen LogP contribution is -2.05. The van der Waals surface area contributed by atoms with Crippen LogP contribution in [0.25, 0.3) is 0 Å². The maximum absolute atomic E-state index is 11.1. The third kappa shape index (κ3) is 3.73. The predicted octanol–water partition coefficient (Wildman–Crippen LogP) is 3.66. The van der Waals surface area contributed by atoms with Crippen LogP contribution in [0, 0.1) is 0 Å². The van der Waals surface area contributed by atoms with Crippen LogP contribution in [0.1, 0.15) is 24.8 Å². The molecular formula is C11H12Cl2O2. The first-order valence-corrected chi connectivity index (χ1v) is 5.31. The minimum absolute atomic E-state index is 0.0497. The average molecular weight is 247 g/mol. The number of carbonyl (C=O) groups excluding carboxylic acids is 1. The van der Waals surface area contributed by atoms with E-state index in [-0.39, 0.29) is 11.9 Å². The Morgan fingerprint density at radius 2 is 1.87 bits per heavy atom. The summed E-state index contributed by atoms with van der Waals surface area (Å²) in [5.74, 6) is -0.188. The molecule has 0 heterocycles. The number of ether oxygens (including phenoxy) is 1. The molecule has 1 aromatic carbocycles. The molecule has 0 aromatic heterocycles. The van der Waals surface area contributed by atoms with Gasteiger partial charge in [-0.3, -0.25) is 4.79 Å². The molecule has 0 saturated heterocycles. The molecule has 15 heavy (non-hydrogen) atoms. The van der Waals surface area contributed by atoms with Gasteiger partial charge >= 0.3 is 5.97 Å². The summed E-state index contributed by atoms with van der Waals surface area (Å²) in [6.45, 7) is 1.93. The molecule has 0 bridgehead atoms. The molecule has 0 aliphatic heterocycles. The van der Waals surface area contributed by atoms with E-state index in [4.69, 9.17) is 23.2 Å². The van der Waals surface area contributed by atoms with Gasteiger partial charge in [-0.2, -0.15) is 0 Å². The summed E-state index contributed by atoms with van der Waals surface area (Å²) in [7, 11) is 1.38. The second-order valence-corrected chi connectivity index (χ2v) is 4.26. The van der Waals surface area contributed by atoms with Crippen LogP contribution in [0.2, 0.25) is 10.0 Å². The molecule has 1 atom stereocenters. The summed E-state index contributed by atoms with van der Waals surface area (Å²) in [6, 6.07) is 5.28. The maximum Gasteiger partial charge on any atom is 0.306 e. The van der Waals surface area contributed by atoms with Crippen LogP contribution in [-0.4, -0.2) is 13.1 Å². The van der Waals surface area contributed by atoms with Crippen molar-refractivity contribution in [1.82, 2.24) is 0 Å². The lowest BCUT2D eigenvalue weighted by molar-refractivity contribution is -0.140. The number of methoxy groups -OCH3 is 1. The second kappa shape index (κ2) is 5.38. The molecule has 1 rings (SSSR count). The molecule has 1 unspecified atom stereocenters. The van der Waals surface area contributed by atoms with Crippen LogP contribution >= 0.6 is 23.2 Å².